The third-order valence-electron chi connectivity index (χ3n) is 3.40. The van der Waals surface area contributed by atoms with Crippen molar-refractivity contribution >= 4 is 17.2 Å². The minimum absolute atomic E-state index is 0.117. The van der Waals surface area contributed by atoms with Crippen LogP contribution < -0.4 is 10.9 Å². The van der Waals surface area contributed by atoms with Gasteiger partial charge in [0.1, 0.15) is 5.69 Å². The number of hydrogen-bond donors (Lipinski definition) is 2. The van der Waals surface area contributed by atoms with Crippen LogP contribution in [-0.4, -0.2) is 22.6 Å². The van der Waals surface area contributed by atoms with Crippen molar-refractivity contribution in [1.29, 1.82) is 0 Å². The molecule has 0 bridgehead atoms. The number of thiophene rings is 1. The normalized spacial score (nSPS) is 16.0. The molecule has 6 heteroatoms. The molecular formula is C13H13N3O2S. The molecule has 3 rings (SSSR count). The number of carbonyl (C=O) groups excluding carboxylic acids is 1. The minimum atomic E-state index is -0.311. The van der Waals surface area contributed by atoms with Gasteiger partial charge in [0.25, 0.3) is 11.5 Å². The molecule has 5 nitrogen and oxygen atoms in total. The van der Waals surface area contributed by atoms with Crippen molar-refractivity contribution in [3.63, 3.8) is 0 Å². The van der Waals surface area contributed by atoms with E-state index in [1.165, 1.54) is 17.0 Å². The topological polar surface area (TPSA) is 74.8 Å². The summed E-state index contributed by atoms with van der Waals surface area (Å²) in [5.41, 5.74) is 0.0434. The number of H-pyrrole nitrogens is 1. The van der Waals surface area contributed by atoms with Crippen LogP contribution in [0.4, 0.5) is 0 Å². The van der Waals surface area contributed by atoms with Gasteiger partial charge >= 0.3 is 0 Å². The number of hydrogen-bond acceptors (Lipinski definition) is 4. The summed E-state index contributed by atoms with van der Waals surface area (Å²) in [4.78, 5) is 24.1. The molecule has 1 aliphatic rings. The molecule has 0 aliphatic heterocycles. The van der Waals surface area contributed by atoms with Gasteiger partial charge < -0.3 is 5.32 Å². The van der Waals surface area contributed by atoms with Crippen LogP contribution in [-0.2, 0) is 5.41 Å². The van der Waals surface area contributed by atoms with Crippen LogP contribution in [0.3, 0.4) is 0 Å². The Morgan fingerprint density at radius 1 is 1.42 bits per heavy atom. The zero-order valence-corrected chi connectivity index (χ0v) is 11.0. The van der Waals surface area contributed by atoms with Crippen LogP contribution >= 0.6 is 11.3 Å². The molecule has 0 atom stereocenters. The molecule has 98 valence electrons. The Morgan fingerprint density at radius 3 is 2.84 bits per heavy atom. The van der Waals surface area contributed by atoms with Gasteiger partial charge in [-0.2, -0.15) is 5.10 Å². The molecule has 2 aromatic rings. The zero-order valence-electron chi connectivity index (χ0n) is 10.2. The maximum atomic E-state index is 11.9. The van der Waals surface area contributed by atoms with Gasteiger partial charge in [0.2, 0.25) is 0 Å². The molecule has 2 N–H and O–H groups in total. The Hall–Kier alpha value is -1.95. The zero-order chi connectivity index (χ0) is 13.3. The highest BCUT2D eigenvalue weighted by atomic mass is 32.1. The summed E-state index contributed by atoms with van der Waals surface area (Å²) in [5, 5.41) is 10.9. The van der Waals surface area contributed by atoms with Crippen LogP contribution in [0, 0.1) is 0 Å². The molecule has 1 aliphatic carbocycles. The third-order valence-corrected chi connectivity index (χ3v) is 4.51. The monoisotopic (exact) mass is 275 g/mol. The van der Waals surface area contributed by atoms with Crippen molar-refractivity contribution in [1.82, 2.24) is 15.5 Å². The van der Waals surface area contributed by atoms with Crippen LogP contribution in [0.1, 0.15) is 28.2 Å². The van der Waals surface area contributed by atoms with Crippen LogP contribution in [0.2, 0.25) is 0 Å². The number of amides is 1. The van der Waals surface area contributed by atoms with Crippen molar-refractivity contribution in [2.24, 2.45) is 0 Å². The number of nitrogens with one attached hydrogen (secondary N) is 2. The van der Waals surface area contributed by atoms with E-state index >= 15 is 0 Å². The fourth-order valence-electron chi connectivity index (χ4n) is 2.05. The summed E-state index contributed by atoms with van der Waals surface area (Å²) in [6.45, 7) is 0.618. The lowest BCUT2D eigenvalue weighted by Crippen LogP contribution is -2.32. The third kappa shape index (κ3) is 2.44. The van der Waals surface area contributed by atoms with E-state index in [4.69, 9.17) is 0 Å². The van der Waals surface area contributed by atoms with E-state index in [0.29, 0.717) is 6.54 Å². The highest BCUT2D eigenvalue weighted by Gasteiger charge is 2.45. The van der Waals surface area contributed by atoms with Crippen molar-refractivity contribution in [2.45, 2.75) is 18.3 Å². The smallest absolute Gasteiger partial charge is 0.271 e. The number of aromatic amines is 1. The van der Waals surface area contributed by atoms with Crippen molar-refractivity contribution in [3.8, 4) is 0 Å². The van der Waals surface area contributed by atoms with E-state index in [2.05, 4.69) is 27.0 Å². The van der Waals surface area contributed by atoms with Crippen LogP contribution in [0.5, 0.6) is 0 Å². The number of carbonyl (C=O) groups is 1. The van der Waals surface area contributed by atoms with Crippen LogP contribution in [0.25, 0.3) is 0 Å². The van der Waals surface area contributed by atoms with Crippen LogP contribution in [0.15, 0.2) is 34.4 Å². The van der Waals surface area contributed by atoms with E-state index in [1.54, 1.807) is 11.3 Å². The van der Waals surface area contributed by atoms with Crippen molar-refractivity contribution in [3.05, 3.63) is 50.6 Å². The molecule has 1 amide bonds. The largest absolute Gasteiger partial charge is 0.350 e. The summed E-state index contributed by atoms with van der Waals surface area (Å²) < 4.78 is 0. The second kappa shape index (κ2) is 4.62. The summed E-state index contributed by atoms with van der Waals surface area (Å²) in [7, 11) is 0. The van der Waals surface area contributed by atoms with E-state index in [0.717, 1.165) is 12.8 Å². The Balaban J connectivity index is 1.65. The fraction of sp³-hybridized carbons (Fsp3) is 0.308. The second-order valence-electron chi connectivity index (χ2n) is 4.75. The van der Waals surface area contributed by atoms with Gasteiger partial charge in [0, 0.05) is 22.9 Å². The number of rotatable bonds is 4. The molecule has 19 heavy (non-hydrogen) atoms. The lowest BCUT2D eigenvalue weighted by molar-refractivity contribution is 0.0943. The van der Waals surface area contributed by atoms with Gasteiger partial charge in [-0.1, -0.05) is 6.07 Å². The number of nitrogens with zero attached hydrogens (tertiary/aromatic N) is 1. The van der Waals surface area contributed by atoms with E-state index in [1.807, 2.05) is 6.07 Å². The van der Waals surface area contributed by atoms with E-state index in [9.17, 15) is 9.59 Å². The summed E-state index contributed by atoms with van der Waals surface area (Å²) in [6.07, 6.45) is 2.21. The first-order chi connectivity index (χ1) is 9.20. The average molecular weight is 275 g/mol. The first kappa shape index (κ1) is 12.1. The highest BCUT2D eigenvalue weighted by molar-refractivity contribution is 7.10. The lowest BCUT2D eigenvalue weighted by Gasteiger charge is -2.13. The van der Waals surface area contributed by atoms with Crippen molar-refractivity contribution < 1.29 is 4.79 Å². The molecule has 0 saturated heterocycles. The van der Waals surface area contributed by atoms with Gasteiger partial charge in [0.05, 0.1) is 0 Å². The van der Waals surface area contributed by atoms with Gasteiger partial charge in [0.15, 0.2) is 0 Å². The van der Waals surface area contributed by atoms with Gasteiger partial charge in [-0.15, -0.1) is 11.3 Å². The van der Waals surface area contributed by atoms with Gasteiger partial charge in [-0.05, 0) is 30.4 Å². The number of aromatic nitrogens is 2. The van der Waals surface area contributed by atoms with E-state index < -0.39 is 0 Å². The molecule has 0 radical (unpaired) electrons. The van der Waals surface area contributed by atoms with Crippen molar-refractivity contribution in [2.75, 3.05) is 6.54 Å². The Kier molecular flexibility index (Phi) is 2.94. The highest BCUT2D eigenvalue weighted by Crippen LogP contribution is 2.49. The van der Waals surface area contributed by atoms with Gasteiger partial charge in [-0.25, -0.2) is 5.10 Å². The SMILES string of the molecule is O=C(NCC1(c2cccs2)CC1)c1ccc(=O)[nH]n1. The fourth-order valence-corrected chi connectivity index (χ4v) is 3.04. The molecule has 0 unspecified atom stereocenters. The lowest BCUT2D eigenvalue weighted by atomic mass is 10.1. The molecule has 1 fully saturated rings. The Bertz CT molecular complexity index is 624. The summed E-state index contributed by atoms with van der Waals surface area (Å²) >= 11 is 1.73. The maximum absolute atomic E-state index is 11.9. The summed E-state index contributed by atoms with van der Waals surface area (Å²) in [5.74, 6) is -0.251. The Labute approximate surface area is 113 Å². The summed E-state index contributed by atoms with van der Waals surface area (Å²) in [6, 6.07) is 6.88. The quantitative estimate of drug-likeness (QED) is 0.883. The molecule has 2 heterocycles. The standard InChI is InChI=1S/C13H13N3O2S/c17-11-4-3-9(15-16-11)12(18)14-8-13(5-6-13)10-2-1-7-19-10/h1-4,7H,5-6,8H2,(H,14,18)(H,16,17). The molecular weight excluding hydrogens is 262 g/mol. The Morgan fingerprint density at radius 2 is 2.26 bits per heavy atom. The predicted octanol–water partition coefficient (Wildman–Crippen LogP) is 1.29. The maximum Gasteiger partial charge on any atom is 0.271 e. The molecule has 1 saturated carbocycles. The first-order valence-electron chi connectivity index (χ1n) is 6.08. The first-order valence-corrected chi connectivity index (χ1v) is 6.96. The average Bonchev–Trinajstić information content (AvgIpc) is 3.00. The minimum Gasteiger partial charge on any atom is -0.350 e. The molecule has 0 spiro atoms. The second-order valence-corrected chi connectivity index (χ2v) is 5.69. The molecule has 2 aromatic heterocycles. The van der Waals surface area contributed by atoms with E-state index in [-0.39, 0.29) is 22.6 Å². The predicted molar refractivity (Wildman–Crippen MR) is 72.4 cm³/mol. The molecule has 0 aromatic carbocycles. The van der Waals surface area contributed by atoms with Gasteiger partial charge in [-0.3, -0.25) is 9.59 Å².